The van der Waals surface area contributed by atoms with Gasteiger partial charge >= 0.3 is 0 Å². The van der Waals surface area contributed by atoms with Crippen LogP contribution in [0.3, 0.4) is 0 Å². The molecule has 0 bridgehead atoms. The summed E-state index contributed by atoms with van der Waals surface area (Å²) < 4.78 is 29.4. The van der Waals surface area contributed by atoms with E-state index in [2.05, 4.69) is 10.00 Å². The van der Waals surface area contributed by atoms with Crippen LogP contribution in [0.1, 0.15) is 42.2 Å². The number of alkyl halides is 2. The fraction of sp³-hybridized carbons (Fsp3) is 0.458. The molecule has 1 amide bonds. The summed E-state index contributed by atoms with van der Waals surface area (Å²) in [4.78, 5) is 21.5. The molecule has 0 atom stereocenters. The number of likely N-dealkylation sites (N-methyl/N-ethyl adjacent to an activating group) is 1. The molecule has 0 saturated carbocycles. The highest BCUT2D eigenvalue weighted by Gasteiger charge is 2.41. The van der Waals surface area contributed by atoms with Gasteiger partial charge in [0.1, 0.15) is 0 Å². The maximum Gasteiger partial charge on any atom is 0.267 e. The highest BCUT2D eigenvalue weighted by atomic mass is 19.3. The minimum Gasteiger partial charge on any atom is -0.332 e. The van der Waals surface area contributed by atoms with E-state index in [1.165, 1.54) is 4.90 Å². The number of benzene rings is 1. The van der Waals surface area contributed by atoms with Gasteiger partial charge in [0.05, 0.1) is 29.4 Å². The molecule has 3 heterocycles. The summed E-state index contributed by atoms with van der Waals surface area (Å²) in [6.45, 7) is 5.52. The first-order valence-electron chi connectivity index (χ1n) is 11.2. The number of halogens is 2. The van der Waals surface area contributed by atoms with E-state index in [4.69, 9.17) is 10.7 Å². The van der Waals surface area contributed by atoms with E-state index in [-0.39, 0.29) is 19.0 Å². The second kappa shape index (κ2) is 9.15. The summed E-state index contributed by atoms with van der Waals surface area (Å²) in [6.07, 6.45) is 1.29. The highest BCUT2D eigenvalue weighted by molar-refractivity contribution is 6.06. The van der Waals surface area contributed by atoms with Crippen molar-refractivity contribution in [2.75, 3.05) is 33.2 Å². The Labute approximate surface area is 192 Å². The lowest BCUT2D eigenvalue weighted by Crippen LogP contribution is -2.31. The number of rotatable bonds is 7. The van der Waals surface area contributed by atoms with E-state index in [0.29, 0.717) is 28.8 Å². The monoisotopic (exact) mass is 456 g/mol. The van der Waals surface area contributed by atoms with Crippen molar-refractivity contribution >= 4 is 16.9 Å². The number of nitrogens with zero attached hydrogens (tertiary/aromatic N) is 5. The number of hydrogen-bond acceptors (Lipinski definition) is 5. The van der Waals surface area contributed by atoms with Gasteiger partial charge in [-0.15, -0.1) is 0 Å². The van der Waals surface area contributed by atoms with Crippen LogP contribution < -0.4 is 5.73 Å². The van der Waals surface area contributed by atoms with Crippen LogP contribution in [0, 0.1) is 0 Å². The number of amides is 1. The molecular weight excluding hydrogens is 426 g/mol. The quantitative estimate of drug-likeness (QED) is 0.588. The average molecular weight is 457 g/mol. The lowest BCUT2D eigenvalue weighted by atomic mass is 10.0. The second-order valence-corrected chi connectivity index (χ2v) is 9.03. The van der Waals surface area contributed by atoms with Gasteiger partial charge in [-0.05, 0) is 38.6 Å². The molecule has 1 fully saturated rings. The Balaban J connectivity index is 1.78. The van der Waals surface area contributed by atoms with Gasteiger partial charge in [-0.2, -0.15) is 5.10 Å². The fourth-order valence-corrected chi connectivity index (χ4v) is 4.24. The smallest absolute Gasteiger partial charge is 0.267 e. The van der Waals surface area contributed by atoms with Crippen LogP contribution in [0.2, 0.25) is 0 Å². The number of likely N-dealkylation sites (tertiary alicyclic amines) is 1. The molecule has 0 spiro atoms. The summed E-state index contributed by atoms with van der Waals surface area (Å²) in [7, 11) is 2.01. The second-order valence-electron chi connectivity index (χ2n) is 9.03. The fourth-order valence-electron chi connectivity index (χ4n) is 4.24. The Bertz CT molecular complexity index is 1160. The molecule has 3 aromatic rings. The predicted octanol–water partition coefficient (Wildman–Crippen LogP) is 3.55. The third-order valence-corrected chi connectivity index (χ3v) is 5.93. The maximum absolute atomic E-state index is 13.8. The number of carbonyl (C=O) groups is 1. The number of fused-ring (bicyclic) bond motifs is 1. The number of aromatic nitrogens is 3. The van der Waals surface area contributed by atoms with Crippen molar-refractivity contribution in [1.82, 2.24) is 24.6 Å². The first-order chi connectivity index (χ1) is 15.7. The molecule has 0 radical (unpaired) electrons. The van der Waals surface area contributed by atoms with Crippen LogP contribution >= 0.6 is 0 Å². The summed E-state index contributed by atoms with van der Waals surface area (Å²) >= 11 is 0. The summed E-state index contributed by atoms with van der Waals surface area (Å²) in [5, 5.41) is 5.00. The minimum absolute atomic E-state index is 0.0283. The van der Waals surface area contributed by atoms with E-state index >= 15 is 0 Å². The standard InChI is InChI=1S/C24H30F2N6O/c1-16(2)32-22-20(13-28-32)19(23(33)31-9-7-24(25,26)15-31)12-21(29-22)18-6-4-5-17(11-18)14-30(3)10-8-27/h4-6,11-13,16H,7-10,14-15,27H2,1-3H3. The normalized spacial score (nSPS) is 15.8. The van der Waals surface area contributed by atoms with Crippen LogP contribution in [0.25, 0.3) is 22.3 Å². The van der Waals surface area contributed by atoms with E-state index in [0.717, 1.165) is 24.2 Å². The van der Waals surface area contributed by atoms with Gasteiger partial charge in [0.25, 0.3) is 11.8 Å². The molecule has 1 saturated heterocycles. The van der Waals surface area contributed by atoms with Gasteiger partial charge in [-0.3, -0.25) is 4.79 Å². The molecule has 9 heteroatoms. The van der Waals surface area contributed by atoms with Crippen LogP contribution in [-0.4, -0.2) is 69.6 Å². The molecule has 2 aromatic heterocycles. The first-order valence-corrected chi connectivity index (χ1v) is 11.2. The largest absolute Gasteiger partial charge is 0.332 e. The van der Waals surface area contributed by atoms with Gasteiger partial charge in [0.15, 0.2) is 5.65 Å². The van der Waals surface area contributed by atoms with Gasteiger partial charge in [0.2, 0.25) is 0 Å². The molecule has 1 aliphatic rings. The van der Waals surface area contributed by atoms with E-state index in [1.807, 2.05) is 45.2 Å². The lowest BCUT2D eigenvalue weighted by molar-refractivity contribution is 0.0120. The van der Waals surface area contributed by atoms with Crippen molar-refractivity contribution in [3.63, 3.8) is 0 Å². The first kappa shape index (κ1) is 23.3. The topological polar surface area (TPSA) is 80.3 Å². The van der Waals surface area contributed by atoms with Crippen molar-refractivity contribution in [3.05, 3.63) is 47.7 Å². The predicted molar refractivity (Wildman–Crippen MR) is 124 cm³/mol. The van der Waals surface area contributed by atoms with Crippen molar-refractivity contribution < 1.29 is 13.6 Å². The lowest BCUT2D eigenvalue weighted by Gasteiger charge is -2.18. The third kappa shape index (κ3) is 4.89. The number of hydrogen-bond donors (Lipinski definition) is 1. The van der Waals surface area contributed by atoms with Crippen molar-refractivity contribution in [3.8, 4) is 11.3 Å². The zero-order valence-electron chi connectivity index (χ0n) is 19.3. The zero-order valence-corrected chi connectivity index (χ0v) is 19.3. The van der Waals surface area contributed by atoms with Crippen molar-refractivity contribution in [1.29, 1.82) is 0 Å². The molecule has 1 aliphatic heterocycles. The molecule has 4 rings (SSSR count). The van der Waals surface area contributed by atoms with Crippen LogP contribution in [0.15, 0.2) is 36.5 Å². The Kier molecular flexibility index (Phi) is 6.45. The van der Waals surface area contributed by atoms with Gasteiger partial charge in [0, 0.05) is 44.2 Å². The number of pyridine rings is 1. The van der Waals surface area contributed by atoms with Crippen molar-refractivity contribution in [2.45, 2.75) is 38.8 Å². The van der Waals surface area contributed by atoms with Crippen molar-refractivity contribution in [2.24, 2.45) is 5.73 Å². The molecule has 7 nitrogen and oxygen atoms in total. The Morgan fingerprint density at radius 3 is 2.76 bits per heavy atom. The van der Waals surface area contributed by atoms with Crippen LogP contribution in [0.4, 0.5) is 8.78 Å². The zero-order chi connectivity index (χ0) is 23.8. The average Bonchev–Trinajstić information content (AvgIpc) is 3.36. The summed E-state index contributed by atoms with van der Waals surface area (Å²) in [6, 6.07) is 9.70. The van der Waals surface area contributed by atoms with Crippen LogP contribution in [0.5, 0.6) is 0 Å². The number of carbonyl (C=O) groups excluding carboxylic acids is 1. The van der Waals surface area contributed by atoms with E-state index in [1.54, 1.807) is 16.9 Å². The van der Waals surface area contributed by atoms with Crippen LogP contribution in [-0.2, 0) is 6.54 Å². The SMILES string of the molecule is CC(C)n1ncc2c(C(=O)N3CCC(F)(F)C3)cc(-c3cccc(CN(C)CCN)c3)nc21. The Morgan fingerprint density at radius 1 is 1.30 bits per heavy atom. The molecule has 2 N–H and O–H groups in total. The molecule has 0 aliphatic carbocycles. The van der Waals surface area contributed by atoms with Gasteiger partial charge in [-0.25, -0.2) is 18.4 Å². The Morgan fingerprint density at radius 2 is 2.09 bits per heavy atom. The summed E-state index contributed by atoms with van der Waals surface area (Å²) in [5.41, 5.74) is 9.14. The molecule has 33 heavy (non-hydrogen) atoms. The molecular formula is C24H30F2N6O. The minimum atomic E-state index is -2.85. The third-order valence-electron chi connectivity index (χ3n) is 5.93. The molecule has 1 aromatic carbocycles. The molecule has 0 unspecified atom stereocenters. The Hall–Kier alpha value is -2.91. The summed E-state index contributed by atoms with van der Waals surface area (Å²) in [5.74, 6) is -3.26. The van der Waals surface area contributed by atoms with Gasteiger partial charge < -0.3 is 15.5 Å². The van der Waals surface area contributed by atoms with Gasteiger partial charge in [-0.1, -0.05) is 18.2 Å². The highest BCUT2D eigenvalue weighted by Crippen LogP contribution is 2.31. The maximum atomic E-state index is 13.8. The molecule has 176 valence electrons. The number of nitrogens with two attached hydrogens (primary N) is 1. The van der Waals surface area contributed by atoms with E-state index in [9.17, 15) is 13.6 Å². The van der Waals surface area contributed by atoms with E-state index < -0.39 is 18.4 Å².